The molecule has 0 saturated heterocycles. The second kappa shape index (κ2) is 3.21. The topological polar surface area (TPSA) is 0 Å². The van der Waals surface area contributed by atoms with Crippen LogP contribution in [-0.2, 0) is 5.92 Å². The lowest BCUT2D eigenvalue weighted by Gasteiger charge is -2.23. The third-order valence-electron chi connectivity index (χ3n) is 1.56. The van der Waals surface area contributed by atoms with Crippen LogP contribution in [0.3, 0.4) is 0 Å². The Balaban J connectivity index is 3.34. The van der Waals surface area contributed by atoms with Gasteiger partial charge in [-0.2, -0.15) is 22.0 Å². The molecule has 0 spiro atoms. The second-order valence-corrected chi connectivity index (χ2v) is 3.72. The number of alkyl halides is 5. The SMILES string of the molecule is FC(F)(F)C(F)(F)c1c(S)c(=S)c1=S. The maximum absolute atomic E-state index is 12.7. The minimum absolute atomic E-state index is 0.220. The first-order valence-electron chi connectivity index (χ1n) is 3.08. The highest BCUT2D eigenvalue weighted by Crippen LogP contribution is 2.48. The molecule has 0 aliphatic carbocycles. The van der Waals surface area contributed by atoms with E-state index in [-0.39, 0.29) is 4.51 Å². The van der Waals surface area contributed by atoms with E-state index in [1.807, 2.05) is 0 Å². The van der Waals surface area contributed by atoms with Crippen molar-refractivity contribution in [2.24, 2.45) is 0 Å². The number of rotatable bonds is 1. The van der Waals surface area contributed by atoms with Crippen molar-refractivity contribution in [3.05, 3.63) is 14.6 Å². The molecule has 0 aliphatic rings. The molecule has 0 amide bonds. The lowest BCUT2D eigenvalue weighted by molar-refractivity contribution is -0.291. The fourth-order valence-corrected chi connectivity index (χ4v) is 1.86. The summed E-state index contributed by atoms with van der Waals surface area (Å²) in [6, 6.07) is 0. The molecular formula is C6HF5S3. The zero-order valence-electron chi connectivity index (χ0n) is 6.15. The average molecular weight is 264 g/mol. The van der Waals surface area contributed by atoms with Crippen molar-refractivity contribution in [1.29, 1.82) is 0 Å². The van der Waals surface area contributed by atoms with Gasteiger partial charge in [-0.05, 0) is 0 Å². The van der Waals surface area contributed by atoms with E-state index in [2.05, 4.69) is 37.1 Å². The van der Waals surface area contributed by atoms with Crippen molar-refractivity contribution in [3.8, 4) is 0 Å². The van der Waals surface area contributed by atoms with Crippen molar-refractivity contribution in [1.82, 2.24) is 0 Å². The molecule has 0 bridgehead atoms. The maximum atomic E-state index is 12.7. The van der Waals surface area contributed by atoms with Crippen LogP contribution in [0.15, 0.2) is 4.90 Å². The Morgan fingerprint density at radius 1 is 0.929 bits per heavy atom. The van der Waals surface area contributed by atoms with Gasteiger partial charge in [-0.1, -0.05) is 24.4 Å². The zero-order valence-corrected chi connectivity index (χ0v) is 8.68. The van der Waals surface area contributed by atoms with Gasteiger partial charge >= 0.3 is 12.1 Å². The quantitative estimate of drug-likeness (QED) is 0.463. The summed E-state index contributed by atoms with van der Waals surface area (Å²) in [5.41, 5.74) is -1.30. The number of hydrogen-bond acceptors (Lipinski definition) is 3. The molecule has 1 aromatic rings. The van der Waals surface area contributed by atoms with E-state index in [0.29, 0.717) is 0 Å². The van der Waals surface area contributed by atoms with Crippen LogP contribution in [0.4, 0.5) is 22.0 Å². The van der Waals surface area contributed by atoms with Gasteiger partial charge in [-0.3, -0.25) is 0 Å². The average Bonchev–Trinajstić information content (AvgIpc) is 2.01. The van der Waals surface area contributed by atoms with Crippen LogP contribution in [0.1, 0.15) is 5.56 Å². The summed E-state index contributed by atoms with van der Waals surface area (Å²) in [5.74, 6) is -4.97. The molecule has 0 fully saturated rings. The van der Waals surface area contributed by atoms with E-state index < -0.39 is 27.1 Å². The van der Waals surface area contributed by atoms with Gasteiger partial charge in [0.15, 0.2) is 0 Å². The fraction of sp³-hybridized carbons (Fsp3) is 0.333. The summed E-state index contributed by atoms with van der Waals surface area (Å²) in [4.78, 5) is -0.549. The standard InChI is InChI=1S/C6HF5S3/c7-5(8,6(9,10)11)1-2(12)4(14)3(1)13/h12H. The summed E-state index contributed by atoms with van der Waals surface area (Å²) in [6.45, 7) is 0. The van der Waals surface area contributed by atoms with Crippen LogP contribution in [0.25, 0.3) is 0 Å². The van der Waals surface area contributed by atoms with Crippen LogP contribution in [-0.4, -0.2) is 6.18 Å². The Morgan fingerprint density at radius 2 is 1.36 bits per heavy atom. The smallest absolute Gasteiger partial charge is 0.191 e. The van der Waals surface area contributed by atoms with E-state index in [1.54, 1.807) is 0 Å². The summed E-state index contributed by atoms with van der Waals surface area (Å²) in [6.07, 6.45) is -5.67. The van der Waals surface area contributed by atoms with Gasteiger partial charge in [0.2, 0.25) is 0 Å². The van der Waals surface area contributed by atoms with Gasteiger partial charge < -0.3 is 0 Å². The van der Waals surface area contributed by atoms with Gasteiger partial charge in [0, 0.05) is 4.90 Å². The predicted molar refractivity (Wildman–Crippen MR) is 47.7 cm³/mol. The van der Waals surface area contributed by atoms with Crippen molar-refractivity contribution in [2.45, 2.75) is 17.0 Å². The van der Waals surface area contributed by atoms with Crippen molar-refractivity contribution in [3.63, 3.8) is 0 Å². The number of hydrogen-bond donors (Lipinski definition) is 1. The van der Waals surface area contributed by atoms with Crippen molar-refractivity contribution in [2.75, 3.05) is 0 Å². The van der Waals surface area contributed by atoms with Crippen LogP contribution in [0, 0.1) is 9.02 Å². The molecule has 1 rings (SSSR count). The predicted octanol–water partition coefficient (Wildman–Crippen LogP) is 3.96. The number of halogens is 5. The molecule has 0 saturated carbocycles. The van der Waals surface area contributed by atoms with Crippen LogP contribution < -0.4 is 0 Å². The van der Waals surface area contributed by atoms with Gasteiger partial charge in [0.05, 0.1) is 14.6 Å². The van der Waals surface area contributed by atoms with Gasteiger partial charge in [0.25, 0.3) is 0 Å². The Bertz CT molecular complexity index is 437. The van der Waals surface area contributed by atoms with E-state index in [1.165, 1.54) is 0 Å². The largest absolute Gasteiger partial charge is 0.458 e. The summed E-state index contributed by atoms with van der Waals surface area (Å²) >= 11 is 12.1. The van der Waals surface area contributed by atoms with Crippen LogP contribution in [0.2, 0.25) is 0 Å². The minimum Gasteiger partial charge on any atom is -0.191 e. The molecule has 0 radical (unpaired) electrons. The molecule has 0 atom stereocenters. The highest BCUT2D eigenvalue weighted by molar-refractivity contribution is 7.81. The fourth-order valence-electron chi connectivity index (χ4n) is 0.813. The van der Waals surface area contributed by atoms with Crippen LogP contribution in [0.5, 0.6) is 0 Å². The third-order valence-corrected chi connectivity index (χ3v) is 3.10. The molecule has 0 aromatic heterocycles. The number of thiol groups is 1. The molecule has 1 aromatic carbocycles. The summed E-state index contributed by atoms with van der Waals surface area (Å²) < 4.78 is 60.1. The van der Waals surface area contributed by atoms with E-state index in [0.717, 1.165) is 0 Å². The molecule has 0 aliphatic heterocycles. The molecule has 0 heterocycles. The molecule has 0 N–H and O–H groups in total. The molecule has 78 valence electrons. The Kier molecular flexibility index (Phi) is 2.75. The first-order valence-corrected chi connectivity index (χ1v) is 4.34. The van der Waals surface area contributed by atoms with E-state index in [9.17, 15) is 22.0 Å². The highest BCUT2D eigenvalue weighted by Gasteiger charge is 2.61. The van der Waals surface area contributed by atoms with E-state index in [4.69, 9.17) is 0 Å². The molecule has 8 heteroatoms. The first kappa shape index (κ1) is 12.0. The third kappa shape index (κ3) is 1.49. The van der Waals surface area contributed by atoms with Gasteiger partial charge in [0.1, 0.15) is 0 Å². The Hall–Kier alpha value is -0.0800. The molecule has 0 unspecified atom stereocenters. The maximum Gasteiger partial charge on any atom is 0.458 e. The second-order valence-electron chi connectivity index (χ2n) is 2.45. The zero-order chi connectivity index (χ0) is 11.3. The van der Waals surface area contributed by atoms with Crippen molar-refractivity contribution < 1.29 is 22.0 Å². The lowest BCUT2D eigenvalue weighted by Crippen LogP contribution is -2.35. The monoisotopic (exact) mass is 264 g/mol. The van der Waals surface area contributed by atoms with Crippen molar-refractivity contribution >= 4 is 37.1 Å². The highest BCUT2D eigenvalue weighted by atomic mass is 32.1. The molecule has 0 nitrogen and oxygen atoms in total. The van der Waals surface area contributed by atoms with Crippen LogP contribution >= 0.6 is 37.1 Å². The molecule has 14 heavy (non-hydrogen) atoms. The normalized spacial score (nSPS) is 13.6. The lowest BCUT2D eigenvalue weighted by atomic mass is 10.0. The summed E-state index contributed by atoms with van der Waals surface area (Å²) in [5, 5.41) is 0. The molecular weight excluding hydrogens is 263 g/mol. The Labute approximate surface area is 90.8 Å². The Morgan fingerprint density at radius 3 is 1.64 bits per heavy atom. The first-order chi connectivity index (χ1) is 6.10. The minimum atomic E-state index is -5.67. The van der Waals surface area contributed by atoms with Gasteiger partial charge in [-0.15, -0.1) is 12.6 Å². The van der Waals surface area contributed by atoms with Gasteiger partial charge in [-0.25, -0.2) is 0 Å². The van der Waals surface area contributed by atoms with E-state index >= 15 is 0 Å². The summed E-state index contributed by atoms with van der Waals surface area (Å²) in [7, 11) is 0.